The van der Waals surface area contributed by atoms with Crippen LogP contribution in [0.15, 0.2) is 48.5 Å². The molecule has 0 radical (unpaired) electrons. The van der Waals surface area contributed by atoms with E-state index in [1.165, 1.54) is 23.1 Å². The van der Waals surface area contributed by atoms with Crippen LogP contribution in [-0.4, -0.2) is 59.2 Å². The molecular weight excluding hydrogens is 544 g/mol. The molecule has 3 rings (SSSR count). The normalized spacial score (nSPS) is 17.8. The van der Waals surface area contributed by atoms with Gasteiger partial charge in [-0.25, -0.2) is 0 Å². The maximum Gasteiger partial charge on any atom is 0.251 e. The molecule has 1 fully saturated rings. The number of Topliss-reactive ketones (excluding diaryl/α,β-unsaturated/α-hetero) is 1. The van der Waals surface area contributed by atoms with Gasteiger partial charge in [0.25, 0.3) is 5.91 Å². The molecule has 1 aliphatic rings. The Balaban J connectivity index is 1.67. The quantitative estimate of drug-likeness (QED) is 0.304. The van der Waals surface area contributed by atoms with Crippen LogP contribution in [0.5, 0.6) is 0 Å². The van der Waals surface area contributed by atoms with Crippen molar-refractivity contribution in [3.05, 3.63) is 64.7 Å². The molecule has 0 spiro atoms. The number of nitrogens with one attached hydrogen (secondary N) is 2. The number of anilines is 1. The summed E-state index contributed by atoms with van der Waals surface area (Å²) >= 11 is 6.03. The molecule has 4 N–H and O–H groups in total. The second-order valence-corrected chi connectivity index (χ2v) is 11.1. The van der Waals surface area contributed by atoms with E-state index in [2.05, 4.69) is 10.6 Å². The lowest BCUT2D eigenvalue weighted by molar-refractivity contribution is -0.140. The highest BCUT2D eigenvalue weighted by molar-refractivity contribution is 6.33. The summed E-state index contributed by atoms with van der Waals surface area (Å²) in [4.78, 5) is 53.9. The lowest BCUT2D eigenvalue weighted by Crippen LogP contribution is -2.55. The molecule has 41 heavy (non-hydrogen) atoms. The van der Waals surface area contributed by atoms with Crippen molar-refractivity contribution in [2.24, 2.45) is 5.92 Å². The topological polar surface area (TPSA) is 131 Å². The molecule has 1 saturated heterocycles. The Bertz CT molecular complexity index is 1220. The van der Waals surface area contributed by atoms with Gasteiger partial charge in [-0.05, 0) is 56.9 Å². The zero-order valence-corrected chi connectivity index (χ0v) is 24.9. The van der Waals surface area contributed by atoms with E-state index in [-0.39, 0.29) is 40.5 Å². The van der Waals surface area contributed by atoms with Crippen molar-refractivity contribution in [1.29, 1.82) is 0 Å². The zero-order chi connectivity index (χ0) is 30.1. The van der Waals surface area contributed by atoms with Gasteiger partial charge < -0.3 is 26.0 Å². The predicted octanol–water partition coefficient (Wildman–Crippen LogP) is 4.13. The molecule has 5 atom stereocenters. The fourth-order valence-corrected chi connectivity index (χ4v) is 4.92. The molecule has 0 bridgehead atoms. The van der Waals surface area contributed by atoms with Gasteiger partial charge >= 0.3 is 0 Å². The summed E-state index contributed by atoms with van der Waals surface area (Å²) in [5, 5.41) is 5.95. The summed E-state index contributed by atoms with van der Waals surface area (Å²) in [5.74, 6) is -1.26. The molecule has 2 aromatic rings. The number of hydrogen-bond donors (Lipinski definition) is 3. The molecule has 5 unspecified atom stereocenters. The fourth-order valence-electron chi connectivity index (χ4n) is 4.74. The number of nitrogen functional groups attached to an aromatic ring is 1. The van der Waals surface area contributed by atoms with E-state index in [0.29, 0.717) is 38.1 Å². The number of rotatable bonds is 13. The van der Waals surface area contributed by atoms with Crippen LogP contribution in [0, 0.1) is 5.92 Å². The Morgan fingerprint density at radius 1 is 1.07 bits per heavy atom. The van der Waals surface area contributed by atoms with Crippen molar-refractivity contribution < 1.29 is 23.9 Å². The van der Waals surface area contributed by atoms with E-state index in [4.69, 9.17) is 22.1 Å². The number of nitrogens with zero attached hydrogens (tertiary/aromatic N) is 1. The lowest BCUT2D eigenvalue weighted by atomic mass is 9.95. The SMILES string of the molecule is CCC(C)C(=O)CC(NC(=O)C1CCCN1C(=O)C(C)NC(=O)c1ccc(N)c(Cl)c1)C(C)OCc1ccccc1. The van der Waals surface area contributed by atoms with Crippen molar-refractivity contribution in [3.8, 4) is 0 Å². The monoisotopic (exact) mass is 584 g/mol. The van der Waals surface area contributed by atoms with E-state index >= 15 is 0 Å². The van der Waals surface area contributed by atoms with Gasteiger partial charge in [-0.1, -0.05) is 55.8 Å². The van der Waals surface area contributed by atoms with Crippen molar-refractivity contribution in [2.45, 2.75) is 84.2 Å². The van der Waals surface area contributed by atoms with Crippen LogP contribution in [0.25, 0.3) is 0 Å². The Kier molecular flexibility index (Phi) is 11.7. The van der Waals surface area contributed by atoms with E-state index in [0.717, 1.165) is 5.56 Å². The number of ketones is 1. The largest absolute Gasteiger partial charge is 0.398 e. The van der Waals surface area contributed by atoms with E-state index in [1.807, 2.05) is 51.1 Å². The van der Waals surface area contributed by atoms with Crippen molar-refractivity contribution in [1.82, 2.24) is 15.5 Å². The third-order valence-corrected chi connectivity index (χ3v) is 7.98. The van der Waals surface area contributed by atoms with Crippen LogP contribution < -0.4 is 16.4 Å². The third-order valence-electron chi connectivity index (χ3n) is 7.65. The number of carbonyl (C=O) groups excluding carboxylic acids is 4. The highest BCUT2D eigenvalue weighted by atomic mass is 35.5. The van der Waals surface area contributed by atoms with Gasteiger partial charge in [0, 0.05) is 24.4 Å². The summed E-state index contributed by atoms with van der Waals surface area (Å²) < 4.78 is 6.07. The maximum atomic E-state index is 13.5. The van der Waals surface area contributed by atoms with Gasteiger partial charge in [0.15, 0.2) is 0 Å². The van der Waals surface area contributed by atoms with Crippen molar-refractivity contribution >= 4 is 40.8 Å². The molecule has 2 aromatic carbocycles. The van der Waals surface area contributed by atoms with Crippen LogP contribution in [0.2, 0.25) is 5.02 Å². The van der Waals surface area contributed by atoms with Gasteiger partial charge in [0.05, 0.1) is 29.5 Å². The number of likely N-dealkylation sites (tertiary alicyclic amines) is 1. The van der Waals surface area contributed by atoms with E-state index in [1.54, 1.807) is 6.92 Å². The number of ether oxygens (including phenoxy) is 1. The van der Waals surface area contributed by atoms with Gasteiger partial charge in [0.2, 0.25) is 11.8 Å². The number of hydrogen-bond acceptors (Lipinski definition) is 6. The van der Waals surface area contributed by atoms with Crippen LogP contribution in [0.4, 0.5) is 5.69 Å². The number of benzene rings is 2. The maximum absolute atomic E-state index is 13.5. The molecule has 222 valence electrons. The van der Waals surface area contributed by atoms with E-state index in [9.17, 15) is 19.2 Å². The minimum atomic E-state index is -0.872. The van der Waals surface area contributed by atoms with Crippen LogP contribution >= 0.6 is 11.6 Å². The highest BCUT2D eigenvalue weighted by Gasteiger charge is 2.38. The Hall–Kier alpha value is -3.43. The molecule has 1 heterocycles. The molecule has 0 saturated carbocycles. The van der Waals surface area contributed by atoms with Crippen LogP contribution in [0.3, 0.4) is 0 Å². The predicted molar refractivity (Wildman–Crippen MR) is 159 cm³/mol. The molecular formula is C31H41ClN4O5. The smallest absolute Gasteiger partial charge is 0.251 e. The summed E-state index contributed by atoms with van der Waals surface area (Å²) in [6.45, 7) is 7.99. The molecule has 9 nitrogen and oxygen atoms in total. The van der Waals surface area contributed by atoms with Gasteiger partial charge in [-0.3, -0.25) is 19.2 Å². The second kappa shape index (κ2) is 15.0. The summed E-state index contributed by atoms with van der Waals surface area (Å²) in [6, 6.07) is 12.0. The number of nitrogens with two attached hydrogens (primary N) is 1. The first-order chi connectivity index (χ1) is 19.5. The first-order valence-corrected chi connectivity index (χ1v) is 14.5. The first-order valence-electron chi connectivity index (χ1n) is 14.2. The number of carbonyl (C=O) groups is 4. The third kappa shape index (κ3) is 8.78. The summed E-state index contributed by atoms with van der Waals surface area (Å²) in [7, 11) is 0. The zero-order valence-electron chi connectivity index (χ0n) is 24.2. The Morgan fingerprint density at radius 2 is 1.78 bits per heavy atom. The van der Waals surface area contributed by atoms with Crippen LogP contribution in [-0.2, 0) is 25.7 Å². The van der Waals surface area contributed by atoms with Gasteiger partial charge in [0.1, 0.15) is 17.9 Å². The summed E-state index contributed by atoms with van der Waals surface area (Å²) in [5.41, 5.74) is 7.33. The molecule has 10 heteroatoms. The Labute approximate surface area is 247 Å². The van der Waals surface area contributed by atoms with E-state index < -0.39 is 30.1 Å². The average molecular weight is 585 g/mol. The number of amides is 3. The minimum Gasteiger partial charge on any atom is -0.398 e. The Morgan fingerprint density at radius 3 is 2.44 bits per heavy atom. The summed E-state index contributed by atoms with van der Waals surface area (Å²) in [6.07, 6.45) is 1.53. The van der Waals surface area contributed by atoms with Crippen molar-refractivity contribution in [2.75, 3.05) is 12.3 Å². The van der Waals surface area contributed by atoms with Crippen LogP contribution in [0.1, 0.15) is 69.3 Å². The van der Waals surface area contributed by atoms with Crippen molar-refractivity contribution in [3.63, 3.8) is 0 Å². The number of halogens is 1. The first kappa shape index (κ1) is 32.1. The molecule has 3 amide bonds. The second-order valence-electron chi connectivity index (χ2n) is 10.7. The molecule has 0 aliphatic carbocycles. The lowest BCUT2D eigenvalue weighted by Gasteiger charge is -2.31. The minimum absolute atomic E-state index is 0.0476. The highest BCUT2D eigenvalue weighted by Crippen LogP contribution is 2.22. The standard InChI is InChI=1S/C31H41ClN4O5/c1-5-19(2)28(37)17-26(21(4)41-18-22-10-7-6-8-11-22)35-30(39)27-12-9-15-36(27)31(40)20(3)34-29(38)23-13-14-25(33)24(32)16-23/h6-8,10-11,13-14,16,19-21,26-27H,5,9,12,15,17-18,33H2,1-4H3,(H,34,38)(H,35,39). The van der Waals surface area contributed by atoms with Gasteiger partial charge in [-0.2, -0.15) is 0 Å². The average Bonchev–Trinajstić information content (AvgIpc) is 3.46. The fraction of sp³-hybridized carbons (Fsp3) is 0.484. The van der Waals surface area contributed by atoms with Gasteiger partial charge in [-0.15, -0.1) is 0 Å². The molecule has 0 aromatic heterocycles. The molecule has 1 aliphatic heterocycles.